The highest BCUT2D eigenvalue weighted by molar-refractivity contribution is 5.86. The fourth-order valence-corrected chi connectivity index (χ4v) is 3.80. The largest absolute Gasteiger partial charge is 0.439 e. The van der Waals surface area contributed by atoms with Crippen LogP contribution in [0.5, 0.6) is 11.6 Å². The molecule has 11 nitrogen and oxygen atoms in total. The van der Waals surface area contributed by atoms with E-state index in [0.717, 1.165) is 6.07 Å². The van der Waals surface area contributed by atoms with Crippen molar-refractivity contribution >= 4 is 28.7 Å². The first-order valence-corrected chi connectivity index (χ1v) is 11.4. The van der Waals surface area contributed by atoms with E-state index < -0.39 is 17.7 Å². The Morgan fingerprint density at radius 1 is 1.18 bits per heavy atom. The standard InChI is InChI=1S/C24H21F3N6O5/c1-14(34)32(2)12-16-10-21(29-13-28-16)36-17-3-4-18-15(9-17)5-8-33(18)38-22(35)30-20-11-19(37-31-20)23(6-7-23)24(25,26)27/h3-5,8-11,13H,6-7,12H2,1-2H3,(H,30,31,35). The summed E-state index contributed by atoms with van der Waals surface area (Å²) in [6, 6.07) is 9.34. The maximum Gasteiger partial charge on any atom is 0.437 e. The number of anilines is 1. The summed E-state index contributed by atoms with van der Waals surface area (Å²) in [6.45, 7) is 1.76. The minimum atomic E-state index is -4.46. The van der Waals surface area contributed by atoms with Crippen LogP contribution in [-0.2, 0) is 16.8 Å². The molecule has 2 amide bonds. The van der Waals surface area contributed by atoms with Crippen molar-refractivity contribution in [1.29, 1.82) is 0 Å². The Hall–Kier alpha value is -4.62. The molecule has 1 aliphatic rings. The predicted molar refractivity (Wildman–Crippen MR) is 125 cm³/mol. The van der Waals surface area contributed by atoms with Gasteiger partial charge in [0.05, 0.1) is 17.8 Å². The van der Waals surface area contributed by atoms with Gasteiger partial charge in [0.1, 0.15) is 17.5 Å². The Morgan fingerprint density at radius 2 is 1.97 bits per heavy atom. The van der Waals surface area contributed by atoms with Gasteiger partial charge in [0.2, 0.25) is 11.8 Å². The Bertz CT molecular complexity index is 1510. The van der Waals surface area contributed by atoms with E-state index in [1.807, 2.05) is 0 Å². The van der Waals surface area contributed by atoms with Crippen LogP contribution >= 0.6 is 0 Å². The summed E-state index contributed by atoms with van der Waals surface area (Å²) in [4.78, 5) is 38.8. The molecular weight excluding hydrogens is 509 g/mol. The number of ether oxygens (including phenoxy) is 1. The molecule has 4 aromatic rings. The van der Waals surface area contributed by atoms with Crippen LogP contribution in [0.25, 0.3) is 10.9 Å². The van der Waals surface area contributed by atoms with E-state index in [9.17, 15) is 22.8 Å². The summed E-state index contributed by atoms with van der Waals surface area (Å²) in [7, 11) is 1.66. The molecule has 1 N–H and O–H groups in total. The van der Waals surface area contributed by atoms with Crippen LogP contribution in [0.1, 0.15) is 31.2 Å². The lowest BCUT2D eigenvalue weighted by Crippen LogP contribution is -2.28. The second-order valence-corrected chi connectivity index (χ2v) is 8.85. The average molecular weight is 530 g/mol. The maximum absolute atomic E-state index is 13.3. The van der Waals surface area contributed by atoms with Gasteiger partial charge in [-0.05, 0) is 37.1 Å². The molecule has 0 radical (unpaired) electrons. The third kappa shape index (κ3) is 4.96. The van der Waals surface area contributed by atoms with Crippen molar-refractivity contribution in [1.82, 2.24) is 24.8 Å². The van der Waals surface area contributed by atoms with Crippen LogP contribution in [0, 0.1) is 0 Å². The molecule has 1 aromatic carbocycles. The van der Waals surface area contributed by atoms with E-state index >= 15 is 0 Å². The van der Waals surface area contributed by atoms with Gasteiger partial charge in [-0.1, -0.05) is 5.16 Å². The van der Waals surface area contributed by atoms with Crippen molar-refractivity contribution in [3.63, 3.8) is 0 Å². The van der Waals surface area contributed by atoms with Crippen molar-refractivity contribution in [2.45, 2.75) is 37.9 Å². The molecule has 0 saturated heterocycles. The molecule has 1 saturated carbocycles. The zero-order valence-electron chi connectivity index (χ0n) is 20.2. The third-order valence-corrected chi connectivity index (χ3v) is 6.17. The molecule has 198 valence electrons. The number of hydrogen-bond acceptors (Lipinski definition) is 8. The topological polar surface area (TPSA) is 125 Å². The van der Waals surface area contributed by atoms with Crippen LogP contribution < -0.4 is 14.9 Å². The van der Waals surface area contributed by atoms with E-state index in [-0.39, 0.29) is 36.2 Å². The monoisotopic (exact) mass is 530 g/mol. The summed E-state index contributed by atoms with van der Waals surface area (Å²) in [5.74, 6) is 0.105. The number of fused-ring (bicyclic) bond motifs is 1. The highest BCUT2D eigenvalue weighted by atomic mass is 19.4. The Labute approximate surface area is 213 Å². The van der Waals surface area contributed by atoms with E-state index in [4.69, 9.17) is 14.1 Å². The molecule has 0 unspecified atom stereocenters. The van der Waals surface area contributed by atoms with E-state index in [0.29, 0.717) is 28.9 Å². The number of carbonyl (C=O) groups excluding carboxylic acids is 2. The summed E-state index contributed by atoms with van der Waals surface area (Å²) in [5.41, 5.74) is -0.920. The van der Waals surface area contributed by atoms with Crippen LogP contribution in [0.3, 0.4) is 0 Å². The van der Waals surface area contributed by atoms with Crippen molar-refractivity contribution in [3.05, 3.63) is 60.4 Å². The number of rotatable bonds is 7. The number of halogens is 3. The van der Waals surface area contributed by atoms with Crippen LogP contribution in [0.15, 0.2) is 53.4 Å². The Kier molecular flexibility index (Phi) is 6.17. The molecule has 3 heterocycles. The van der Waals surface area contributed by atoms with E-state index in [1.54, 1.807) is 37.4 Å². The highest BCUT2D eigenvalue weighted by Crippen LogP contribution is 2.59. The van der Waals surface area contributed by atoms with Gasteiger partial charge in [-0.25, -0.2) is 14.8 Å². The van der Waals surface area contributed by atoms with Gasteiger partial charge in [0.25, 0.3) is 0 Å². The lowest BCUT2D eigenvalue weighted by Gasteiger charge is -2.14. The zero-order valence-corrected chi connectivity index (χ0v) is 20.2. The highest BCUT2D eigenvalue weighted by Gasteiger charge is 2.66. The first-order chi connectivity index (χ1) is 18.0. The molecular formula is C24H21F3N6O5. The van der Waals surface area contributed by atoms with Crippen molar-refractivity contribution in [2.24, 2.45) is 0 Å². The average Bonchev–Trinajstić information content (AvgIpc) is 3.41. The number of nitrogens with zero attached hydrogens (tertiary/aromatic N) is 5. The fraction of sp³-hybridized carbons (Fsp3) is 0.292. The molecule has 3 aromatic heterocycles. The number of benzene rings is 1. The minimum Gasteiger partial charge on any atom is -0.439 e. The van der Waals surface area contributed by atoms with Crippen molar-refractivity contribution < 1.29 is 36.9 Å². The molecule has 0 spiro atoms. The normalized spacial score (nSPS) is 14.2. The lowest BCUT2D eigenvalue weighted by molar-refractivity contribution is -0.165. The second kappa shape index (κ2) is 9.36. The van der Waals surface area contributed by atoms with Gasteiger partial charge in [-0.3, -0.25) is 10.1 Å². The van der Waals surface area contributed by atoms with Crippen LogP contribution in [0.4, 0.5) is 23.8 Å². The number of alkyl halides is 3. The first-order valence-electron chi connectivity index (χ1n) is 11.4. The SMILES string of the molecule is CC(=O)N(C)Cc1cc(Oc2ccc3c(ccn3OC(=O)Nc3cc(C4(C(F)(F)F)CC4)on3)c2)ncn1. The number of aromatic nitrogens is 4. The van der Waals surface area contributed by atoms with E-state index in [2.05, 4.69) is 20.4 Å². The molecule has 38 heavy (non-hydrogen) atoms. The number of amides is 2. The first kappa shape index (κ1) is 25.0. The number of nitrogens with one attached hydrogen (secondary N) is 1. The molecule has 14 heteroatoms. The molecule has 0 aliphatic heterocycles. The number of hydrogen-bond donors (Lipinski definition) is 1. The molecule has 1 fully saturated rings. The Morgan fingerprint density at radius 3 is 2.68 bits per heavy atom. The summed E-state index contributed by atoms with van der Waals surface area (Å²) in [6.07, 6.45) is -2.78. The van der Waals surface area contributed by atoms with Gasteiger partial charge in [0, 0.05) is 37.7 Å². The minimum absolute atomic E-state index is 0.0910. The van der Waals surface area contributed by atoms with Crippen molar-refractivity contribution in [2.75, 3.05) is 12.4 Å². The summed E-state index contributed by atoms with van der Waals surface area (Å²) >= 11 is 0. The quantitative estimate of drug-likeness (QED) is 0.372. The maximum atomic E-state index is 13.3. The molecule has 5 rings (SSSR count). The van der Waals surface area contributed by atoms with Gasteiger partial charge in [-0.15, -0.1) is 0 Å². The van der Waals surface area contributed by atoms with Gasteiger partial charge in [0.15, 0.2) is 11.6 Å². The summed E-state index contributed by atoms with van der Waals surface area (Å²) < 4.78 is 51.6. The zero-order chi connectivity index (χ0) is 27.1. The van der Waals surface area contributed by atoms with Crippen LogP contribution in [0.2, 0.25) is 0 Å². The molecule has 0 atom stereocenters. The number of carbonyl (C=O) groups is 2. The summed E-state index contributed by atoms with van der Waals surface area (Å²) in [5, 5.41) is 6.45. The third-order valence-electron chi connectivity index (χ3n) is 6.17. The second-order valence-electron chi connectivity index (χ2n) is 8.85. The smallest absolute Gasteiger partial charge is 0.437 e. The fourth-order valence-electron chi connectivity index (χ4n) is 3.80. The lowest BCUT2D eigenvalue weighted by atomic mass is 10.0. The van der Waals surface area contributed by atoms with E-state index in [1.165, 1.54) is 29.1 Å². The van der Waals surface area contributed by atoms with Gasteiger partial charge >= 0.3 is 12.3 Å². The van der Waals surface area contributed by atoms with Gasteiger partial charge in [-0.2, -0.15) is 17.9 Å². The van der Waals surface area contributed by atoms with Gasteiger partial charge < -0.3 is 19.0 Å². The predicted octanol–water partition coefficient (Wildman–Crippen LogP) is 4.44. The van der Waals surface area contributed by atoms with Crippen molar-refractivity contribution in [3.8, 4) is 11.6 Å². The van der Waals surface area contributed by atoms with Crippen LogP contribution in [-0.4, -0.2) is 50.0 Å². The molecule has 1 aliphatic carbocycles. The Balaban J connectivity index is 1.23. The molecule has 0 bridgehead atoms.